The second kappa shape index (κ2) is 10.4. The van der Waals surface area contributed by atoms with E-state index in [1.165, 1.54) is 29.7 Å². The molecule has 156 valence electrons. The summed E-state index contributed by atoms with van der Waals surface area (Å²) in [6.45, 7) is 8.14. The predicted octanol–water partition coefficient (Wildman–Crippen LogP) is 3.43. The van der Waals surface area contributed by atoms with Gasteiger partial charge in [-0.2, -0.15) is 0 Å². The van der Waals surface area contributed by atoms with Gasteiger partial charge in [-0.25, -0.2) is 0 Å². The molecule has 2 aliphatic heterocycles. The summed E-state index contributed by atoms with van der Waals surface area (Å²) in [5.41, 5.74) is 1.30. The summed E-state index contributed by atoms with van der Waals surface area (Å²) >= 11 is 1.80. The van der Waals surface area contributed by atoms with Crippen LogP contribution >= 0.6 is 11.3 Å². The highest BCUT2D eigenvalue weighted by Crippen LogP contribution is 2.26. The van der Waals surface area contributed by atoms with Crippen LogP contribution in [-0.4, -0.2) is 53.8 Å². The molecule has 0 aliphatic carbocycles. The van der Waals surface area contributed by atoms with Crippen molar-refractivity contribution in [3.05, 3.63) is 21.9 Å². The molecule has 1 N–H and O–H groups in total. The highest BCUT2D eigenvalue weighted by atomic mass is 32.1. The fourth-order valence-corrected chi connectivity index (χ4v) is 5.23. The summed E-state index contributed by atoms with van der Waals surface area (Å²) in [6, 6.07) is 1.99. The Labute approximate surface area is 173 Å². The number of carbonyl (C=O) groups excluding carboxylic acids is 2. The molecule has 6 heteroatoms. The quantitative estimate of drug-likeness (QED) is 0.674. The maximum Gasteiger partial charge on any atom is 0.239 e. The Balaban J connectivity index is 1.48. The molecule has 2 unspecified atom stereocenters. The first-order valence-corrected chi connectivity index (χ1v) is 11.8. The van der Waals surface area contributed by atoms with Crippen molar-refractivity contribution < 1.29 is 9.59 Å². The summed E-state index contributed by atoms with van der Waals surface area (Å²) in [4.78, 5) is 31.2. The number of amides is 2. The number of thiophene rings is 1. The Morgan fingerprint density at radius 1 is 1.29 bits per heavy atom. The fourth-order valence-electron chi connectivity index (χ4n) is 4.34. The molecule has 2 amide bonds. The van der Waals surface area contributed by atoms with Crippen LogP contribution in [0.1, 0.15) is 62.8 Å². The van der Waals surface area contributed by atoms with Crippen LogP contribution in [0.15, 0.2) is 11.4 Å². The number of rotatable bonds is 8. The van der Waals surface area contributed by atoms with E-state index in [1.54, 1.807) is 11.3 Å². The van der Waals surface area contributed by atoms with Gasteiger partial charge >= 0.3 is 0 Å². The van der Waals surface area contributed by atoms with Crippen molar-refractivity contribution in [3.63, 3.8) is 0 Å². The molecule has 0 saturated carbocycles. The van der Waals surface area contributed by atoms with E-state index in [-0.39, 0.29) is 23.8 Å². The molecule has 3 heterocycles. The largest absolute Gasteiger partial charge is 0.356 e. The number of unbranched alkanes of at least 4 members (excludes halogenated alkanes) is 3. The molecule has 0 aromatic carbocycles. The molecule has 28 heavy (non-hydrogen) atoms. The molecular formula is C22H35N3O2S. The molecule has 2 atom stereocenters. The molecule has 0 radical (unpaired) electrons. The van der Waals surface area contributed by atoms with E-state index in [9.17, 15) is 9.59 Å². The van der Waals surface area contributed by atoms with Crippen LogP contribution in [-0.2, 0) is 22.6 Å². The first-order chi connectivity index (χ1) is 13.6. The number of nitrogens with one attached hydrogen (secondary N) is 1. The van der Waals surface area contributed by atoms with Crippen LogP contribution in [0, 0.1) is 5.92 Å². The van der Waals surface area contributed by atoms with Gasteiger partial charge in [0.05, 0.1) is 12.0 Å². The van der Waals surface area contributed by atoms with Crippen molar-refractivity contribution >= 4 is 23.2 Å². The van der Waals surface area contributed by atoms with E-state index in [4.69, 9.17) is 0 Å². The number of carbonyl (C=O) groups is 2. The number of likely N-dealkylation sites (tertiary alicyclic amines) is 1. The minimum absolute atomic E-state index is 0.0139. The zero-order chi connectivity index (χ0) is 19.9. The second-order valence-corrected chi connectivity index (χ2v) is 9.24. The maximum atomic E-state index is 13.1. The number of piperidine rings is 1. The number of hydrogen-bond acceptors (Lipinski definition) is 4. The van der Waals surface area contributed by atoms with E-state index in [0.29, 0.717) is 6.54 Å². The first kappa shape index (κ1) is 21.3. The topological polar surface area (TPSA) is 52.7 Å². The average molecular weight is 406 g/mol. The first-order valence-electron chi connectivity index (χ1n) is 11.0. The molecule has 2 aliphatic rings. The van der Waals surface area contributed by atoms with Gasteiger partial charge in [0.15, 0.2) is 0 Å². The average Bonchev–Trinajstić information content (AvgIpc) is 3.20. The van der Waals surface area contributed by atoms with Gasteiger partial charge in [-0.15, -0.1) is 11.3 Å². The van der Waals surface area contributed by atoms with E-state index in [0.717, 1.165) is 51.9 Å². The summed E-state index contributed by atoms with van der Waals surface area (Å²) in [7, 11) is 0. The normalized spacial score (nSPS) is 21.2. The Hall–Kier alpha value is -1.40. The van der Waals surface area contributed by atoms with Gasteiger partial charge in [0.1, 0.15) is 0 Å². The highest BCUT2D eigenvalue weighted by Gasteiger charge is 2.33. The van der Waals surface area contributed by atoms with Crippen LogP contribution in [0.5, 0.6) is 0 Å². The molecule has 5 nitrogen and oxygen atoms in total. The molecule has 1 fully saturated rings. The molecule has 1 aromatic rings. The van der Waals surface area contributed by atoms with Crippen molar-refractivity contribution in [1.29, 1.82) is 0 Å². The van der Waals surface area contributed by atoms with Crippen LogP contribution in [0.3, 0.4) is 0 Å². The lowest BCUT2D eigenvalue weighted by atomic mass is 9.95. The van der Waals surface area contributed by atoms with Gasteiger partial charge in [0.25, 0.3) is 0 Å². The molecule has 3 rings (SSSR count). The number of hydrogen-bond donors (Lipinski definition) is 1. The molecular weight excluding hydrogens is 370 g/mol. The Bertz CT molecular complexity index is 660. The van der Waals surface area contributed by atoms with Crippen molar-refractivity contribution in [2.45, 2.75) is 71.4 Å². The highest BCUT2D eigenvalue weighted by molar-refractivity contribution is 7.10. The van der Waals surface area contributed by atoms with E-state index >= 15 is 0 Å². The third-order valence-corrected chi connectivity index (χ3v) is 7.20. The van der Waals surface area contributed by atoms with Gasteiger partial charge in [-0.1, -0.05) is 26.2 Å². The fraction of sp³-hybridized carbons (Fsp3) is 0.727. The zero-order valence-corrected chi connectivity index (χ0v) is 18.2. The third-order valence-electron chi connectivity index (χ3n) is 6.18. The standard InChI is InChI=1S/C22H35N3O2S/c1-3-4-5-6-11-23-21(26)19-8-7-12-24(16-19)17(2)22(27)25-13-9-20-18(15-25)10-14-28-20/h10,14,17,19H,3-9,11-13,15-16H2,1-2H3,(H,23,26). The summed E-state index contributed by atoms with van der Waals surface area (Å²) in [5.74, 6) is 0.388. The maximum absolute atomic E-state index is 13.1. The van der Waals surface area contributed by atoms with Crippen LogP contribution < -0.4 is 5.32 Å². The second-order valence-electron chi connectivity index (χ2n) is 8.24. The van der Waals surface area contributed by atoms with Crippen molar-refractivity contribution in [2.24, 2.45) is 5.92 Å². The Morgan fingerprint density at radius 3 is 2.96 bits per heavy atom. The van der Waals surface area contributed by atoms with Gasteiger partial charge < -0.3 is 10.2 Å². The molecule has 1 saturated heterocycles. The van der Waals surface area contributed by atoms with Crippen LogP contribution in [0.25, 0.3) is 0 Å². The predicted molar refractivity (Wildman–Crippen MR) is 114 cm³/mol. The monoisotopic (exact) mass is 405 g/mol. The number of nitrogens with zero attached hydrogens (tertiary/aromatic N) is 2. The van der Waals surface area contributed by atoms with Crippen LogP contribution in [0.2, 0.25) is 0 Å². The lowest BCUT2D eigenvalue weighted by molar-refractivity contribution is -0.139. The zero-order valence-electron chi connectivity index (χ0n) is 17.4. The lowest BCUT2D eigenvalue weighted by Crippen LogP contribution is -2.53. The number of fused-ring (bicyclic) bond motifs is 1. The minimum Gasteiger partial charge on any atom is -0.356 e. The van der Waals surface area contributed by atoms with Crippen molar-refractivity contribution in [1.82, 2.24) is 15.1 Å². The van der Waals surface area contributed by atoms with E-state index in [2.05, 4.69) is 28.6 Å². The lowest BCUT2D eigenvalue weighted by Gasteiger charge is -2.38. The Morgan fingerprint density at radius 2 is 2.14 bits per heavy atom. The van der Waals surface area contributed by atoms with Gasteiger partial charge in [0.2, 0.25) is 11.8 Å². The summed E-state index contributed by atoms with van der Waals surface area (Å²) in [6.07, 6.45) is 7.57. The summed E-state index contributed by atoms with van der Waals surface area (Å²) < 4.78 is 0. The van der Waals surface area contributed by atoms with Gasteiger partial charge in [0, 0.05) is 31.1 Å². The van der Waals surface area contributed by atoms with Gasteiger partial charge in [-0.05, 0) is 56.2 Å². The van der Waals surface area contributed by atoms with E-state index < -0.39 is 0 Å². The SMILES string of the molecule is CCCCCCNC(=O)C1CCCN(C(C)C(=O)N2CCc3sccc3C2)C1. The van der Waals surface area contributed by atoms with E-state index in [1.807, 2.05) is 11.8 Å². The van der Waals surface area contributed by atoms with Crippen molar-refractivity contribution in [2.75, 3.05) is 26.2 Å². The summed E-state index contributed by atoms with van der Waals surface area (Å²) in [5, 5.41) is 5.23. The van der Waals surface area contributed by atoms with Crippen LogP contribution in [0.4, 0.5) is 0 Å². The van der Waals surface area contributed by atoms with Gasteiger partial charge in [-0.3, -0.25) is 14.5 Å². The Kier molecular flexibility index (Phi) is 7.91. The molecule has 0 spiro atoms. The minimum atomic E-state index is -0.152. The molecule has 1 aromatic heterocycles. The third kappa shape index (κ3) is 5.35. The van der Waals surface area contributed by atoms with Crippen molar-refractivity contribution in [3.8, 4) is 0 Å². The molecule has 0 bridgehead atoms. The smallest absolute Gasteiger partial charge is 0.239 e.